The monoisotopic (exact) mass is 194 g/mol. The third-order valence-electron chi connectivity index (χ3n) is 4.11. The van der Waals surface area contributed by atoms with Gasteiger partial charge in [0.05, 0.1) is 6.04 Å². The summed E-state index contributed by atoms with van der Waals surface area (Å²) >= 11 is 0. The smallest absolute Gasteiger partial charge is 0.240 e. The largest absolute Gasteiger partial charge is 0.338 e. The molecule has 2 aliphatic carbocycles. The van der Waals surface area contributed by atoms with Crippen LogP contribution >= 0.6 is 0 Å². The minimum absolute atomic E-state index is 0.186. The maximum atomic E-state index is 12.0. The molecule has 1 saturated heterocycles. The van der Waals surface area contributed by atoms with Crippen LogP contribution in [-0.4, -0.2) is 29.4 Å². The minimum atomic E-state index is -0.186. The minimum Gasteiger partial charge on any atom is -0.338 e. The molecule has 3 rings (SSSR count). The van der Waals surface area contributed by atoms with Gasteiger partial charge in [-0.05, 0) is 43.9 Å². The first kappa shape index (κ1) is 8.72. The van der Waals surface area contributed by atoms with Crippen LogP contribution in [0.4, 0.5) is 0 Å². The molecule has 2 saturated carbocycles. The van der Waals surface area contributed by atoms with Crippen molar-refractivity contribution in [2.45, 2.75) is 44.2 Å². The lowest BCUT2D eigenvalue weighted by Crippen LogP contribution is -2.48. The Balaban J connectivity index is 1.67. The van der Waals surface area contributed by atoms with E-state index < -0.39 is 0 Å². The number of amides is 1. The van der Waals surface area contributed by atoms with E-state index in [1.807, 2.05) is 0 Å². The molecule has 0 spiro atoms. The van der Waals surface area contributed by atoms with Crippen molar-refractivity contribution in [2.75, 3.05) is 6.54 Å². The van der Waals surface area contributed by atoms with E-state index in [1.54, 1.807) is 0 Å². The fraction of sp³-hybridized carbons (Fsp3) is 0.909. The predicted molar refractivity (Wildman–Crippen MR) is 53.5 cm³/mol. The molecule has 2 bridgehead atoms. The Kier molecular flexibility index (Phi) is 1.84. The number of hydrogen-bond donors (Lipinski definition) is 1. The lowest BCUT2D eigenvalue weighted by molar-refractivity contribution is -0.134. The molecule has 78 valence electrons. The number of carbonyl (C=O) groups is 1. The van der Waals surface area contributed by atoms with E-state index in [-0.39, 0.29) is 11.9 Å². The molecule has 2 N–H and O–H groups in total. The molecule has 1 aliphatic heterocycles. The Bertz CT molecular complexity index is 262. The zero-order valence-corrected chi connectivity index (χ0v) is 8.48. The van der Waals surface area contributed by atoms with E-state index in [4.69, 9.17) is 5.73 Å². The average Bonchev–Trinajstić information content (AvgIpc) is 2.84. The molecule has 14 heavy (non-hydrogen) atoms. The van der Waals surface area contributed by atoms with Crippen LogP contribution < -0.4 is 5.73 Å². The van der Waals surface area contributed by atoms with E-state index in [0.717, 1.165) is 25.3 Å². The number of nitrogens with two attached hydrogens (primary N) is 1. The van der Waals surface area contributed by atoms with Crippen LogP contribution in [0.1, 0.15) is 32.1 Å². The highest BCUT2D eigenvalue weighted by atomic mass is 16.2. The molecule has 3 aliphatic rings. The number of likely N-dealkylation sites (tertiary alicyclic amines) is 1. The lowest BCUT2D eigenvalue weighted by atomic mass is 10.1. The molecule has 0 aromatic rings. The number of hydrogen-bond acceptors (Lipinski definition) is 2. The normalized spacial score (nSPS) is 37.6. The molecule has 0 radical (unpaired) electrons. The summed E-state index contributed by atoms with van der Waals surface area (Å²) in [4.78, 5) is 14.1. The van der Waals surface area contributed by atoms with Gasteiger partial charge in [0.15, 0.2) is 0 Å². The highest BCUT2D eigenvalue weighted by molar-refractivity contribution is 5.83. The second kappa shape index (κ2) is 2.96. The molecule has 3 unspecified atom stereocenters. The van der Waals surface area contributed by atoms with Crippen LogP contribution in [0.25, 0.3) is 0 Å². The number of nitrogens with zero attached hydrogens (tertiary/aromatic N) is 1. The summed E-state index contributed by atoms with van der Waals surface area (Å²) in [6.45, 7) is 0.990. The topological polar surface area (TPSA) is 46.3 Å². The molecule has 3 nitrogen and oxygen atoms in total. The van der Waals surface area contributed by atoms with Crippen molar-refractivity contribution in [3.05, 3.63) is 0 Å². The van der Waals surface area contributed by atoms with Gasteiger partial charge in [-0.15, -0.1) is 0 Å². The molecule has 1 amide bonds. The van der Waals surface area contributed by atoms with Gasteiger partial charge in [-0.25, -0.2) is 0 Å². The molecular weight excluding hydrogens is 176 g/mol. The molecular formula is C11H18N2O. The van der Waals surface area contributed by atoms with Crippen molar-refractivity contribution >= 4 is 5.91 Å². The second-order valence-corrected chi connectivity index (χ2v) is 5.19. The Hall–Kier alpha value is -0.570. The Morgan fingerprint density at radius 3 is 2.57 bits per heavy atom. The second-order valence-electron chi connectivity index (χ2n) is 5.19. The Morgan fingerprint density at radius 2 is 2.07 bits per heavy atom. The van der Waals surface area contributed by atoms with Crippen molar-refractivity contribution in [1.29, 1.82) is 0 Å². The van der Waals surface area contributed by atoms with E-state index in [2.05, 4.69) is 4.90 Å². The molecule has 3 heteroatoms. The number of carbonyl (C=O) groups excluding carboxylic acids is 1. The third kappa shape index (κ3) is 1.26. The first-order chi connectivity index (χ1) is 6.75. The summed E-state index contributed by atoms with van der Waals surface area (Å²) in [6, 6.07) is 0.353. The van der Waals surface area contributed by atoms with Crippen LogP contribution in [0.3, 0.4) is 0 Å². The fourth-order valence-corrected chi connectivity index (χ4v) is 3.04. The first-order valence-electron chi connectivity index (χ1n) is 5.82. The van der Waals surface area contributed by atoms with Gasteiger partial charge in [0.1, 0.15) is 0 Å². The summed E-state index contributed by atoms with van der Waals surface area (Å²) in [5.74, 6) is 1.52. The van der Waals surface area contributed by atoms with Gasteiger partial charge < -0.3 is 10.6 Å². The summed E-state index contributed by atoms with van der Waals surface area (Å²) in [5, 5.41) is 0. The quantitative estimate of drug-likeness (QED) is 0.704. The summed E-state index contributed by atoms with van der Waals surface area (Å²) in [5.41, 5.74) is 5.94. The van der Waals surface area contributed by atoms with E-state index >= 15 is 0 Å². The van der Waals surface area contributed by atoms with Gasteiger partial charge in [0, 0.05) is 12.6 Å². The predicted octanol–water partition coefficient (Wildman–Crippen LogP) is 0.735. The maximum Gasteiger partial charge on any atom is 0.240 e. The van der Waals surface area contributed by atoms with E-state index in [0.29, 0.717) is 12.0 Å². The van der Waals surface area contributed by atoms with Crippen molar-refractivity contribution < 1.29 is 4.79 Å². The highest BCUT2D eigenvalue weighted by Gasteiger charge is 2.44. The zero-order valence-electron chi connectivity index (χ0n) is 8.48. The summed E-state index contributed by atoms with van der Waals surface area (Å²) < 4.78 is 0. The van der Waals surface area contributed by atoms with Gasteiger partial charge in [-0.3, -0.25) is 4.79 Å². The fourth-order valence-electron chi connectivity index (χ4n) is 3.04. The van der Waals surface area contributed by atoms with Gasteiger partial charge >= 0.3 is 0 Å². The zero-order chi connectivity index (χ0) is 9.71. The lowest BCUT2D eigenvalue weighted by Gasteiger charge is -2.29. The van der Waals surface area contributed by atoms with Crippen LogP contribution in [0, 0.1) is 11.8 Å². The summed E-state index contributed by atoms with van der Waals surface area (Å²) in [6.07, 6.45) is 6.10. The van der Waals surface area contributed by atoms with Gasteiger partial charge in [0.25, 0.3) is 0 Å². The van der Waals surface area contributed by atoms with Gasteiger partial charge in [-0.1, -0.05) is 0 Å². The molecule has 1 heterocycles. The van der Waals surface area contributed by atoms with Crippen LogP contribution in [0.2, 0.25) is 0 Å². The van der Waals surface area contributed by atoms with E-state index in [1.165, 1.54) is 19.3 Å². The highest BCUT2D eigenvalue weighted by Crippen LogP contribution is 2.39. The number of piperidine rings is 1. The summed E-state index contributed by atoms with van der Waals surface area (Å²) in [7, 11) is 0. The third-order valence-corrected chi connectivity index (χ3v) is 4.11. The van der Waals surface area contributed by atoms with Crippen LogP contribution in [0.5, 0.6) is 0 Å². The molecule has 0 aromatic heterocycles. The van der Waals surface area contributed by atoms with Crippen LogP contribution in [-0.2, 0) is 4.79 Å². The van der Waals surface area contributed by atoms with Crippen molar-refractivity contribution in [3.8, 4) is 0 Å². The first-order valence-corrected chi connectivity index (χ1v) is 5.82. The number of rotatable bonds is 2. The van der Waals surface area contributed by atoms with Gasteiger partial charge in [0.2, 0.25) is 5.91 Å². The van der Waals surface area contributed by atoms with Gasteiger partial charge in [-0.2, -0.15) is 0 Å². The number of fused-ring (bicyclic) bond motifs is 2. The average molecular weight is 194 g/mol. The van der Waals surface area contributed by atoms with Crippen LogP contribution in [0.15, 0.2) is 0 Å². The Morgan fingerprint density at radius 1 is 1.29 bits per heavy atom. The molecule has 0 aromatic carbocycles. The van der Waals surface area contributed by atoms with E-state index in [9.17, 15) is 4.79 Å². The van der Waals surface area contributed by atoms with Crippen molar-refractivity contribution in [3.63, 3.8) is 0 Å². The standard InChI is InChI=1S/C11H18N2O/c12-10(8-2-3-8)11(14)13-6-7-1-4-9(13)5-7/h7-10H,1-6,12H2. The molecule has 3 fully saturated rings. The maximum absolute atomic E-state index is 12.0. The van der Waals surface area contributed by atoms with Crippen molar-refractivity contribution in [1.82, 2.24) is 4.90 Å². The Labute approximate surface area is 84.6 Å². The molecule has 3 atom stereocenters. The SMILES string of the molecule is NC(C(=O)N1CC2CCC1C2)C1CC1. The van der Waals surface area contributed by atoms with Crippen molar-refractivity contribution in [2.24, 2.45) is 17.6 Å².